The minimum Gasteiger partial charge on any atom is -0.504 e. The van der Waals surface area contributed by atoms with E-state index in [-0.39, 0.29) is 28.4 Å². The Kier molecular flexibility index (Phi) is 1.97. The number of anilines is 5. The monoisotopic (exact) mass is 225 g/mol. The molecule has 0 saturated carbocycles. The molecule has 1 aromatic carbocycles. The zero-order valence-electron chi connectivity index (χ0n) is 8.12. The van der Waals surface area contributed by atoms with E-state index in [0.29, 0.717) is 10.1 Å². The lowest BCUT2D eigenvalue weighted by molar-refractivity contribution is 0.264. The summed E-state index contributed by atoms with van der Waals surface area (Å²) >= 11 is 0. The number of hydrogen-bond donors (Lipinski definition) is 6. The zero-order valence-corrected chi connectivity index (χ0v) is 8.12. The van der Waals surface area contributed by atoms with E-state index in [0.717, 1.165) is 12.4 Å². The molecule has 1 aliphatic rings. The molecule has 0 spiro atoms. The second kappa shape index (κ2) is 3.08. The standard InChI is InChI=1S/C8H11N5O3/c9-3-4(10)6-7(8(14)5(3)11)13(16)2-1-12(6)15/h1-2,14-16H,9-11H2. The van der Waals surface area contributed by atoms with Crippen LogP contribution in [0, 0.1) is 0 Å². The predicted molar refractivity (Wildman–Crippen MR) is 59.0 cm³/mol. The molecule has 0 fully saturated rings. The second-order valence-electron chi connectivity index (χ2n) is 3.27. The van der Waals surface area contributed by atoms with Crippen LogP contribution in [0.25, 0.3) is 0 Å². The molecule has 1 aliphatic heterocycles. The molecule has 8 nitrogen and oxygen atoms in total. The average Bonchev–Trinajstić information content (AvgIpc) is 2.26. The van der Waals surface area contributed by atoms with Crippen LogP contribution in [0.1, 0.15) is 0 Å². The van der Waals surface area contributed by atoms with Crippen molar-refractivity contribution in [1.82, 2.24) is 0 Å². The van der Waals surface area contributed by atoms with Crippen LogP contribution >= 0.6 is 0 Å². The van der Waals surface area contributed by atoms with Gasteiger partial charge in [-0.25, -0.2) is 10.1 Å². The highest BCUT2D eigenvalue weighted by Gasteiger charge is 2.27. The third kappa shape index (κ3) is 1.11. The Morgan fingerprint density at radius 2 is 1.31 bits per heavy atom. The molecule has 9 N–H and O–H groups in total. The summed E-state index contributed by atoms with van der Waals surface area (Å²) in [6, 6.07) is 0. The van der Waals surface area contributed by atoms with E-state index in [1.165, 1.54) is 0 Å². The zero-order chi connectivity index (χ0) is 12.0. The van der Waals surface area contributed by atoms with Crippen LogP contribution in [-0.2, 0) is 0 Å². The van der Waals surface area contributed by atoms with Crippen LogP contribution in [0.4, 0.5) is 28.4 Å². The van der Waals surface area contributed by atoms with Gasteiger partial charge in [-0.15, -0.1) is 0 Å². The minimum absolute atomic E-state index is 0.0313. The maximum atomic E-state index is 9.70. The Hall–Kier alpha value is -2.32. The van der Waals surface area contributed by atoms with Crippen LogP contribution in [0.2, 0.25) is 0 Å². The van der Waals surface area contributed by atoms with Gasteiger partial charge < -0.3 is 22.3 Å². The fourth-order valence-electron chi connectivity index (χ4n) is 1.49. The summed E-state index contributed by atoms with van der Waals surface area (Å²) in [6.45, 7) is 0. The summed E-state index contributed by atoms with van der Waals surface area (Å²) in [5, 5.41) is 29.9. The first-order valence-electron chi connectivity index (χ1n) is 4.29. The highest BCUT2D eigenvalue weighted by Crippen LogP contribution is 2.50. The SMILES string of the molecule is Nc1c(N)c(O)c2c(c1N)N(O)C=CN2O. The summed E-state index contributed by atoms with van der Waals surface area (Å²) in [4.78, 5) is 0. The maximum Gasteiger partial charge on any atom is 0.169 e. The number of nitrogens with two attached hydrogens (primary N) is 3. The summed E-state index contributed by atoms with van der Waals surface area (Å²) < 4.78 is 0. The number of hydrogen-bond acceptors (Lipinski definition) is 8. The number of phenols is 1. The molecule has 16 heavy (non-hydrogen) atoms. The quantitative estimate of drug-likeness (QED) is 0.206. The van der Waals surface area contributed by atoms with Crippen molar-refractivity contribution in [3.63, 3.8) is 0 Å². The molecule has 0 unspecified atom stereocenters. The predicted octanol–water partition coefficient (Wildman–Crippen LogP) is 0.0148. The van der Waals surface area contributed by atoms with Gasteiger partial charge in [0.25, 0.3) is 0 Å². The van der Waals surface area contributed by atoms with Gasteiger partial charge in [0, 0.05) is 0 Å². The van der Waals surface area contributed by atoms with Gasteiger partial charge in [0.2, 0.25) is 0 Å². The first-order valence-corrected chi connectivity index (χ1v) is 4.29. The van der Waals surface area contributed by atoms with Crippen molar-refractivity contribution in [1.29, 1.82) is 0 Å². The van der Waals surface area contributed by atoms with Gasteiger partial charge in [-0.3, -0.25) is 10.4 Å². The number of rotatable bonds is 0. The van der Waals surface area contributed by atoms with Crippen molar-refractivity contribution < 1.29 is 15.5 Å². The Balaban J connectivity index is 2.82. The number of phenolic OH excluding ortho intramolecular Hbond substituents is 1. The lowest BCUT2D eigenvalue weighted by Crippen LogP contribution is -2.25. The Bertz CT molecular complexity index is 444. The normalized spacial score (nSPS) is 14.1. The van der Waals surface area contributed by atoms with Crippen molar-refractivity contribution >= 4 is 28.4 Å². The maximum absolute atomic E-state index is 9.70. The average molecular weight is 225 g/mol. The second-order valence-corrected chi connectivity index (χ2v) is 3.27. The van der Waals surface area contributed by atoms with Gasteiger partial charge in [-0.2, -0.15) is 0 Å². The van der Waals surface area contributed by atoms with E-state index in [1.54, 1.807) is 0 Å². The molecule has 1 aromatic rings. The highest BCUT2D eigenvalue weighted by atomic mass is 16.5. The molecule has 0 radical (unpaired) electrons. The molecule has 2 rings (SSSR count). The smallest absolute Gasteiger partial charge is 0.169 e. The molecule has 0 bridgehead atoms. The van der Waals surface area contributed by atoms with Crippen molar-refractivity contribution in [3.05, 3.63) is 12.4 Å². The molecule has 0 aliphatic carbocycles. The third-order valence-corrected chi connectivity index (χ3v) is 2.35. The third-order valence-electron chi connectivity index (χ3n) is 2.35. The molecular formula is C8H11N5O3. The van der Waals surface area contributed by atoms with E-state index in [1.807, 2.05) is 0 Å². The van der Waals surface area contributed by atoms with Crippen LogP contribution in [0.3, 0.4) is 0 Å². The number of benzene rings is 1. The van der Waals surface area contributed by atoms with Crippen molar-refractivity contribution in [2.24, 2.45) is 0 Å². The summed E-state index contributed by atoms with van der Waals surface area (Å²) in [7, 11) is 0. The number of nitrogen functional groups attached to an aromatic ring is 3. The molecule has 1 heterocycles. The number of hydroxylamine groups is 2. The fourth-order valence-corrected chi connectivity index (χ4v) is 1.49. The molecule has 86 valence electrons. The molecule has 0 aromatic heterocycles. The minimum atomic E-state index is -0.451. The van der Waals surface area contributed by atoms with Crippen LogP contribution in [-0.4, -0.2) is 15.5 Å². The summed E-state index contributed by atoms with van der Waals surface area (Å²) in [6.07, 6.45) is 2.24. The largest absolute Gasteiger partial charge is 0.504 e. The lowest BCUT2D eigenvalue weighted by Gasteiger charge is -2.28. The Morgan fingerprint density at radius 3 is 1.88 bits per heavy atom. The number of aromatic hydroxyl groups is 1. The number of nitrogens with zero attached hydrogens (tertiary/aromatic N) is 2. The molecule has 0 saturated heterocycles. The van der Waals surface area contributed by atoms with Gasteiger partial charge in [0.15, 0.2) is 5.75 Å². The lowest BCUT2D eigenvalue weighted by atomic mass is 10.1. The first-order chi connectivity index (χ1) is 7.45. The van der Waals surface area contributed by atoms with Gasteiger partial charge >= 0.3 is 0 Å². The van der Waals surface area contributed by atoms with Gasteiger partial charge in [-0.1, -0.05) is 0 Å². The van der Waals surface area contributed by atoms with E-state index in [2.05, 4.69) is 0 Å². The first kappa shape index (κ1) is 10.2. The van der Waals surface area contributed by atoms with E-state index in [9.17, 15) is 15.5 Å². The van der Waals surface area contributed by atoms with Crippen molar-refractivity contribution in [3.8, 4) is 5.75 Å². The Morgan fingerprint density at radius 1 is 0.812 bits per heavy atom. The fraction of sp³-hybridized carbons (Fsp3) is 0. The van der Waals surface area contributed by atoms with Gasteiger partial charge in [-0.05, 0) is 0 Å². The highest BCUT2D eigenvalue weighted by molar-refractivity contribution is 6.01. The topological polar surface area (TPSA) is 145 Å². The van der Waals surface area contributed by atoms with Gasteiger partial charge in [0.05, 0.1) is 23.8 Å². The Labute approximate surface area is 90.3 Å². The molecule has 8 heteroatoms. The summed E-state index contributed by atoms with van der Waals surface area (Å²) in [5.74, 6) is -0.451. The molecular weight excluding hydrogens is 214 g/mol. The van der Waals surface area contributed by atoms with Crippen LogP contribution in [0.15, 0.2) is 12.4 Å². The van der Waals surface area contributed by atoms with E-state index < -0.39 is 5.75 Å². The van der Waals surface area contributed by atoms with Crippen LogP contribution < -0.4 is 27.3 Å². The van der Waals surface area contributed by atoms with E-state index in [4.69, 9.17) is 17.2 Å². The molecule has 0 amide bonds. The van der Waals surface area contributed by atoms with Crippen LogP contribution in [0.5, 0.6) is 5.75 Å². The van der Waals surface area contributed by atoms with Crippen molar-refractivity contribution in [2.75, 3.05) is 27.3 Å². The van der Waals surface area contributed by atoms with Crippen molar-refractivity contribution in [2.45, 2.75) is 0 Å². The number of fused-ring (bicyclic) bond motifs is 1. The summed E-state index contributed by atoms with van der Waals surface area (Å²) in [5.41, 5.74) is 16.3. The molecule has 0 atom stereocenters. The van der Waals surface area contributed by atoms with E-state index >= 15 is 0 Å². The van der Waals surface area contributed by atoms with Gasteiger partial charge in [0.1, 0.15) is 17.1 Å².